The molecule has 2 aromatic carbocycles. The van der Waals surface area contributed by atoms with Gasteiger partial charge in [-0.15, -0.1) is 11.3 Å². The van der Waals surface area contributed by atoms with Gasteiger partial charge in [-0.25, -0.2) is 9.78 Å². The van der Waals surface area contributed by atoms with Crippen LogP contribution in [0.25, 0.3) is 11.0 Å². The standard InChI is InChI=1S/C22H20ClN7O2S/c23-14-1-3-15(4-2-14)25-22(32)30-9-7-13(8-10-30)21-26-19(12-33-21)20(31)24-16-5-6-17-18(11-16)28-29-27-17/h1-6,11-13H,7-10H2,(H,24,31)(H,25,32)(H,27,28,29). The van der Waals surface area contributed by atoms with Crippen LogP contribution < -0.4 is 10.6 Å². The summed E-state index contributed by atoms with van der Waals surface area (Å²) in [6.07, 6.45) is 1.59. The Balaban J connectivity index is 1.16. The van der Waals surface area contributed by atoms with Crippen molar-refractivity contribution >= 4 is 57.3 Å². The van der Waals surface area contributed by atoms with Gasteiger partial charge >= 0.3 is 6.03 Å². The Morgan fingerprint density at radius 3 is 2.52 bits per heavy atom. The molecule has 3 N–H and O–H groups in total. The van der Waals surface area contributed by atoms with Gasteiger partial charge in [0.25, 0.3) is 5.91 Å². The van der Waals surface area contributed by atoms with E-state index in [1.54, 1.807) is 52.7 Å². The van der Waals surface area contributed by atoms with Gasteiger partial charge in [-0.05, 0) is 55.3 Å². The molecule has 168 valence electrons. The number of fused-ring (bicyclic) bond motifs is 1. The summed E-state index contributed by atoms with van der Waals surface area (Å²) < 4.78 is 0. The average molecular weight is 482 g/mol. The SMILES string of the molecule is O=C(Nc1ccc2n[nH]nc2c1)c1csc(C2CCN(C(=O)Nc3ccc(Cl)cc3)CC2)n1. The van der Waals surface area contributed by atoms with E-state index in [9.17, 15) is 9.59 Å². The molecule has 5 rings (SSSR count). The summed E-state index contributed by atoms with van der Waals surface area (Å²) in [5, 5.41) is 19.7. The first kappa shape index (κ1) is 21.4. The molecule has 0 saturated carbocycles. The predicted octanol–water partition coefficient (Wildman–Crippen LogP) is 4.73. The van der Waals surface area contributed by atoms with E-state index in [4.69, 9.17) is 11.6 Å². The minimum Gasteiger partial charge on any atom is -0.324 e. The second-order valence-electron chi connectivity index (χ2n) is 7.75. The topological polar surface area (TPSA) is 116 Å². The highest BCUT2D eigenvalue weighted by molar-refractivity contribution is 7.10. The average Bonchev–Trinajstić information content (AvgIpc) is 3.50. The molecule has 1 saturated heterocycles. The normalized spacial score (nSPS) is 14.4. The smallest absolute Gasteiger partial charge is 0.321 e. The van der Waals surface area contributed by atoms with Gasteiger partial charge in [0.1, 0.15) is 16.7 Å². The number of hydrogen-bond acceptors (Lipinski definition) is 6. The highest BCUT2D eigenvalue weighted by Gasteiger charge is 2.26. The van der Waals surface area contributed by atoms with Crippen molar-refractivity contribution in [3.63, 3.8) is 0 Å². The maximum Gasteiger partial charge on any atom is 0.321 e. The van der Waals surface area contributed by atoms with Crippen molar-refractivity contribution in [1.29, 1.82) is 0 Å². The molecule has 3 heterocycles. The summed E-state index contributed by atoms with van der Waals surface area (Å²) in [6.45, 7) is 1.26. The maximum atomic E-state index is 12.6. The van der Waals surface area contributed by atoms with E-state index in [-0.39, 0.29) is 17.9 Å². The molecular weight excluding hydrogens is 462 g/mol. The zero-order valence-electron chi connectivity index (χ0n) is 17.4. The molecule has 2 aromatic heterocycles. The van der Waals surface area contributed by atoms with Crippen LogP contribution in [0.15, 0.2) is 47.8 Å². The lowest BCUT2D eigenvalue weighted by Gasteiger charge is -2.31. The zero-order valence-corrected chi connectivity index (χ0v) is 19.0. The van der Waals surface area contributed by atoms with Crippen molar-refractivity contribution in [3.05, 3.63) is 63.6 Å². The fourth-order valence-corrected chi connectivity index (χ4v) is 4.86. The van der Waals surface area contributed by atoms with E-state index in [1.165, 1.54) is 11.3 Å². The number of amides is 3. The molecule has 9 nitrogen and oxygen atoms in total. The molecule has 0 bridgehead atoms. The minimum absolute atomic E-state index is 0.126. The number of carbonyl (C=O) groups is 2. The molecule has 33 heavy (non-hydrogen) atoms. The number of H-pyrrole nitrogens is 1. The number of carbonyl (C=O) groups excluding carboxylic acids is 2. The van der Waals surface area contributed by atoms with Crippen LogP contribution in [0.1, 0.15) is 34.3 Å². The summed E-state index contributed by atoms with van der Waals surface area (Å²) >= 11 is 7.37. The van der Waals surface area contributed by atoms with Crippen LogP contribution in [0.4, 0.5) is 16.2 Å². The van der Waals surface area contributed by atoms with Crippen LogP contribution in [0.2, 0.25) is 5.02 Å². The number of rotatable bonds is 4. The Hall–Kier alpha value is -3.50. The molecule has 0 aliphatic carbocycles. The molecule has 1 aliphatic rings. The lowest BCUT2D eigenvalue weighted by atomic mass is 9.98. The molecule has 3 amide bonds. The first-order valence-corrected chi connectivity index (χ1v) is 11.7. The minimum atomic E-state index is -0.264. The molecule has 1 fully saturated rings. The zero-order chi connectivity index (χ0) is 22.8. The number of nitrogens with one attached hydrogen (secondary N) is 3. The first-order chi connectivity index (χ1) is 16.0. The fraction of sp³-hybridized carbons (Fsp3) is 0.227. The van der Waals surface area contributed by atoms with E-state index < -0.39 is 0 Å². The summed E-state index contributed by atoms with van der Waals surface area (Å²) in [7, 11) is 0. The summed E-state index contributed by atoms with van der Waals surface area (Å²) in [5.41, 5.74) is 3.15. The Bertz CT molecular complexity index is 1300. The molecule has 4 aromatic rings. The number of likely N-dealkylation sites (tertiary alicyclic amines) is 1. The Morgan fingerprint density at radius 1 is 1.00 bits per heavy atom. The van der Waals surface area contributed by atoms with Crippen molar-refractivity contribution in [2.75, 3.05) is 23.7 Å². The monoisotopic (exact) mass is 481 g/mol. The number of piperidine rings is 1. The van der Waals surface area contributed by atoms with Crippen LogP contribution >= 0.6 is 22.9 Å². The van der Waals surface area contributed by atoms with Crippen LogP contribution in [0.5, 0.6) is 0 Å². The highest BCUT2D eigenvalue weighted by atomic mass is 35.5. The van der Waals surface area contributed by atoms with Gasteiger partial charge < -0.3 is 15.5 Å². The number of aromatic nitrogens is 4. The Kier molecular flexibility index (Phi) is 5.93. The van der Waals surface area contributed by atoms with E-state index in [0.29, 0.717) is 40.7 Å². The van der Waals surface area contributed by atoms with Gasteiger partial charge in [0, 0.05) is 40.8 Å². The third kappa shape index (κ3) is 4.81. The lowest BCUT2D eigenvalue weighted by Crippen LogP contribution is -2.40. The maximum absolute atomic E-state index is 12.6. The molecule has 0 atom stereocenters. The fourth-order valence-electron chi connectivity index (χ4n) is 3.76. The summed E-state index contributed by atoms with van der Waals surface area (Å²) in [5.74, 6) is -0.0391. The van der Waals surface area contributed by atoms with Crippen LogP contribution in [0.3, 0.4) is 0 Å². The number of benzene rings is 2. The third-order valence-electron chi connectivity index (χ3n) is 5.56. The number of nitrogens with zero attached hydrogens (tertiary/aromatic N) is 4. The number of halogens is 1. The van der Waals surface area contributed by atoms with Crippen molar-refractivity contribution in [2.24, 2.45) is 0 Å². The molecule has 1 aliphatic heterocycles. The number of urea groups is 1. The summed E-state index contributed by atoms with van der Waals surface area (Å²) in [6, 6.07) is 12.2. The quantitative estimate of drug-likeness (QED) is 0.389. The van der Waals surface area contributed by atoms with Gasteiger partial charge in [-0.3, -0.25) is 4.79 Å². The van der Waals surface area contributed by atoms with Gasteiger partial charge in [0.05, 0.1) is 5.01 Å². The number of anilines is 2. The third-order valence-corrected chi connectivity index (χ3v) is 6.81. The van der Waals surface area contributed by atoms with Gasteiger partial charge in [-0.1, -0.05) is 11.6 Å². The number of aromatic amines is 1. The van der Waals surface area contributed by atoms with Crippen LogP contribution in [-0.2, 0) is 0 Å². The predicted molar refractivity (Wildman–Crippen MR) is 128 cm³/mol. The van der Waals surface area contributed by atoms with Gasteiger partial charge in [0.15, 0.2) is 0 Å². The van der Waals surface area contributed by atoms with E-state index in [1.807, 2.05) is 0 Å². The van der Waals surface area contributed by atoms with Crippen molar-refractivity contribution < 1.29 is 9.59 Å². The van der Waals surface area contributed by atoms with Crippen LogP contribution in [0, 0.1) is 0 Å². The van der Waals surface area contributed by atoms with Crippen molar-refractivity contribution in [1.82, 2.24) is 25.3 Å². The number of thiazole rings is 1. The second-order valence-corrected chi connectivity index (χ2v) is 9.08. The molecule has 0 spiro atoms. The van der Waals surface area contributed by atoms with E-state index in [0.717, 1.165) is 23.4 Å². The Morgan fingerprint density at radius 2 is 1.73 bits per heavy atom. The molecule has 11 heteroatoms. The van der Waals surface area contributed by atoms with Crippen molar-refractivity contribution in [2.45, 2.75) is 18.8 Å². The highest BCUT2D eigenvalue weighted by Crippen LogP contribution is 2.31. The first-order valence-electron chi connectivity index (χ1n) is 10.4. The largest absolute Gasteiger partial charge is 0.324 e. The van der Waals surface area contributed by atoms with E-state index in [2.05, 4.69) is 31.0 Å². The number of hydrogen-bond donors (Lipinski definition) is 3. The van der Waals surface area contributed by atoms with Gasteiger partial charge in [-0.2, -0.15) is 15.4 Å². The van der Waals surface area contributed by atoms with Gasteiger partial charge in [0.2, 0.25) is 0 Å². The summed E-state index contributed by atoms with van der Waals surface area (Å²) in [4.78, 5) is 31.5. The Labute approximate surface area is 198 Å². The molecule has 0 unspecified atom stereocenters. The lowest BCUT2D eigenvalue weighted by molar-refractivity contribution is 0.102. The van der Waals surface area contributed by atoms with E-state index >= 15 is 0 Å². The molecular formula is C22H20ClN7O2S. The van der Waals surface area contributed by atoms with Crippen molar-refractivity contribution in [3.8, 4) is 0 Å². The van der Waals surface area contributed by atoms with Crippen LogP contribution in [-0.4, -0.2) is 50.3 Å². The second kappa shape index (κ2) is 9.16. The molecule has 0 radical (unpaired) electrons.